The highest BCUT2D eigenvalue weighted by molar-refractivity contribution is 5.09. The molecule has 0 fully saturated rings. The van der Waals surface area contributed by atoms with Gasteiger partial charge in [0.15, 0.2) is 25.1 Å². The minimum atomic E-state index is -0.224. The Balaban J connectivity index is 6.62. The number of hydrogen-bond donors (Lipinski definition) is 0. The second-order valence-electron chi connectivity index (χ2n) is 23.9. The van der Waals surface area contributed by atoms with Crippen molar-refractivity contribution in [3.05, 3.63) is 23.0 Å². The van der Waals surface area contributed by atoms with Crippen LogP contribution in [0.4, 0.5) is 0 Å². The van der Waals surface area contributed by atoms with Crippen LogP contribution in [0.2, 0.25) is 0 Å². The summed E-state index contributed by atoms with van der Waals surface area (Å²) in [6.45, 7) is 21.5. The van der Waals surface area contributed by atoms with E-state index >= 15 is 0 Å². The maximum absolute atomic E-state index is 6.94. The van der Waals surface area contributed by atoms with Crippen LogP contribution in [-0.4, -0.2) is 52.2 Å². The Morgan fingerprint density at radius 3 is 0.696 bits per heavy atom. The van der Waals surface area contributed by atoms with Crippen molar-refractivity contribution in [3.8, 4) is 0 Å². The second kappa shape index (κ2) is 65.7. The van der Waals surface area contributed by atoms with Crippen LogP contribution in [0.1, 0.15) is 389 Å². The fourth-order valence-corrected chi connectivity index (χ4v) is 10.7. The number of hydrogen-bond acceptors (Lipinski definition) is 7. The quantitative estimate of drug-likeness (QED) is 0.0342. The maximum Gasteiger partial charge on any atom is 0.162 e. The molecule has 0 amide bonds. The van der Waals surface area contributed by atoms with Crippen LogP contribution in [0, 0.1) is 0 Å². The molecule has 0 aromatic carbocycles. The van der Waals surface area contributed by atoms with Crippen molar-refractivity contribution >= 4 is 0 Å². The molecular formula is C72H142O7. The smallest absolute Gasteiger partial charge is 0.162 e. The summed E-state index contributed by atoms with van der Waals surface area (Å²) in [5.41, 5.74) is 0. The number of ether oxygens (including phenoxy) is 7. The van der Waals surface area contributed by atoms with Gasteiger partial charge in [-0.25, -0.2) is 0 Å². The molecule has 0 bridgehead atoms. The molecule has 0 radical (unpaired) electrons. The maximum atomic E-state index is 6.94. The van der Waals surface area contributed by atoms with Gasteiger partial charge in [0.1, 0.15) is 23.7 Å². The van der Waals surface area contributed by atoms with E-state index in [-0.39, 0.29) is 25.8 Å². The molecule has 472 valence electrons. The van der Waals surface area contributed by atoms with Gasteiger partial charge in [0.05, 0.1) is 26.4 Å². The van der Waals surface area contributed by atoms with Gasteiger partial charge >= 0.3 is 0 Å². The predicted molar refractivity (Wildman–Crippen MR) is 344 cm³/mol. The molecule has 0 aromatic rings. The minimum absolute atomic E-state index is 0.138. The van der Waals surface area contributed by atoms with Gasteiger partial charge in [0.2, 0.25) is 0 Å². The molecular weight excluding hydrogens is 977 g/mol. The van der Waals surface area contributed by atoms with Crippen molar-refractivity contribution in [1.82, 2.24) is 0 Å². The first-order valence-corrected chi connectivity index (χ1v) is 35.9. The normalized spacial score (nSPS) is 13.2. The molecule has 7 nitrogen and oxygen atoms in total. The third kappa shape index (κ3) is 51.9. The van der Waals surface area contributed by atoms with E-state index in [2.05, 4.69) is 55.4 Å². The van der Waals surface area contributed by atoms with Gasteiger partial charge in [-0.05, 0) is 51.4 Å². The third-order valence-corrected chi connectivity index (χ3v) is 16.1. The summed E-state index contributed by atoms with van der Waals surface area (Å²) >= 11 is 0. The summed E-state index contributed by atoms with van der Waals surface area (Å²) in [5, 5.41) is 0. The van der Waals surface area contributed by atoms with Gasteiger partial charge < -0.3 is 33.2 Å². The van der Waals surface area contributed by atoms with E-state index in [1.165, 1.54) is 244 Å². The molecule has 0 heterocycles. The summed E-state index contributed by atoms with van der Waals surface area (Å²) in [5.74, 6) is 3.93. The molecule has 0 N–H and O–H groups in total. The average Bonchev–Trinajstić information content (AvgIpc) is 3.46. The van der Waals surface area contributed by atoms with Crippen LogP contribution in [0.25, 0.3) is 0 Å². The van der Waals surface area contributed by atoms with Crippen LogP contribution < -0.4 is 0 Å². The molecule has 0 aromatic heterocycles. The minimum Gasteiger partial charge on any atom is -0.494 e. The van der Waals surface area contributed by atoms with E-state index in [0.29, 0.717) is 13.2 Å². The number of rotatable bonds is 68. The zero-order chi connectivity index (χ0) is 57.4. The van der Waals surface area contributed by atoms with Gasteiger partial charge in [0.25, 0.3) is 0 Å². The zero-order valence-electron chi connectivity index (χ0n) is 55.0. The Bertz CT molecular complexity index is 1140. The van der Waals surface area contributed by atoms with Crippen LogP contribution in [0.5, 0.6) is 0 Å². The van der Waals surface area contributed by atoms with Gasteiger partial charge in [-0.1, -0.05) is 325 Å². The lowest BCUT2D eigenvalue weighted by molar-refractivity contribution is -0.167. The first-order chi connectivity index (χ1) is 39.1. The molecule has 0 aliphatic rings. The standard InChI is InChI=1S/C72H142O7/c1-9-17-25-31-37-39-41-43-45-51-59-67(74-61-53-47-33-27-19-11-3)71(76-63-55-49-35-29-21-13-5)69(57-23-15-7)78-65-73-66-79-70(58-24-16-8)72(77-64-56-50-36-30-22-14-6)68(75-62-54-48-34-28-20-12-4)60-52-46-44-42-40-38-32-26-18-10-2/h69-70H,9-66H2,1-8H3. The van der Waals surface area contributed by atoms with E-state index in [1.54, 1.807) is 0 Å². The van der Waals surface area contributed by atoms with Gasteiger partial charge in [-0.2, -0.15) is 0 Å². The highest BCUT2D eigenvalue weighted by atomic mass is 16.7. The second-order valence-corrected chi connectivity index (χ2v) is 23.9. The van der Waals surface area contributed by atoms with Crippen LogP contribution in [0.3, 0.4) is 0 Å². The van der Waals surface area contributed by atoms with E-state index in [9.17, 15) is 0 Å². The lowest BCUT2D eigenvalue weighted by atomic mass is 10.0. The Morgan fingerprint density at radius 2 is 0.443 bits per heavy atom. The Labute approximate surface area is 495 Å². The lowest BCUT2D eigenvalue weighted by Crippen LogP contribution is -2.25. The van der Waals surface area contributed by atoms with Crippen LogP contribution >= 0.6 is 0 Å². The van der Waals surface area contributed by atoms with E-state index in [0.717, 1.165) is 126 Å². The fraction of sp³-hybridized carbons (Fsp3) is 0.944. The topological polar surface area (TPSA) is 64.6 Å². The Morgan fingerprint density at radius 1 is 0.228 bits per heavy atom. The molecule has 0 saturated heterocycles. The average molecular weight is 1120 g/mol. The van der Waals surface area contributed by atoms with Gasteiger partial charge in [-0.3, -0.25) is 0 Å². The van der Waals surface area contributed by atoms with E-state index in [4.69, 9.17) is 33.2 Å². The molecule has 0 saturated carbocycles. The molecule has 2 unspecified atom stereocenters. The summed E-state index contributed by atoms with van der Waals surface area (Å²) in [7, 11) is 0. The number of allylic oxidation sites excluding steroid dienone is 2. The Hall–Kier alpha value is -1.44. The zero-order valence-corrected chi connectivity index (χ0v) is 55.0. The van der Waals surface area contributed by atoms with Crippen molar-refractivity contribution < 1.29 is 33.2 Å². The molecule has 79 heavy (non-hydrogen) atoms. The largest absolute Gasteiger partial charge is 0.494 e. The summed E-state index contributed by atoms with van der Waals surface area (Å²) in [6.07, 6.45) is 63.6. The van der Waals surface area contributed by atoms with Crippen molar-refractivity contribution in [2.75, 3.05) is 40.0 Å². The predicted octanol–water partition coefficient (Wildman–Crippen LogP) is 24.6. The number of unbranched alkanes of at least 4 members (excludes halogenated alkanes) is 40. The first kappa shape index (κ1) is 77.6. The van der Waals surface area contributed by atoms with Crippen molar-refractivity contribution in [2.45, 2.75) is 401 Å². The third-order valence-electron chi connectivity index (χ3n) is 16.1. The molecule has 0 spiro atoms. The molecule has 0 aliphatic carbocycles. The lowest BCUT2D eigenvalue weighted by Gasteiger charge is -2.26. The van der Waals surface area contributed by atoms with Crippen molar-refractivity contribution in [2.24, 2.45) is 0 Å². The summed E-state index contributed by atoms with van der Waals surface area (Å²) < 4.78 is 47.7. The monoisotopic (exact) mass is 1120 g/mol. The Kier molecular flexibility index (Phi) is 64.5. The summed E-state index contributed by atoms with van der Waals surface area (Å²) in [4.78, 5) is 0. The van der Waals surface area contributed by atoms with Gasteiger partial charge in [0, 0.05) is 12.8 Å². The molecule has 0 rings (SSSR count). The summed E-state index contributed by atoms with van der Waals surface area (Å²) in [6, 6.07) is 0. The SMILES string of the molecule is CCCCCCCCCCCCC(OCCCCCCCC)=C(OCCCCCCCC)C(CCCC)OCOCOC(CCCC)C(OCCCCCCCC)=C(CCCCCCCCCCCC)OCCCCCCCC. The first-order valence-electron chi connectivity index (χ1n) is 35.9. The van der Waals surface area contributed by atoms with Gasteiger partial charge in [-0.15, -0.1) is 0 Å². The van der Waals surface area contributed by atoms with Crippen molar-refractivity contribution in [1.29, 1.82) is 0 Å². The molecule has 7 heteroatoms. The van der Waals surface area contributed by atoms with Crippen LogP contribution in [-0.2, 0) is 33.2 Å². The molecule has 2 atom stereocenters. The van der Waals surface area contributed by atoms with Crippen molar-refractivity contribution in [3.63, 3.8) is 0 Å². The highest BCUT2D eigenvalue weighted by Crippen LogP contribution is 2.29. The molecule has 0 aliphatic heterocycles. The van der Waals surface area contributed by atoms with E-state index in [1.807, 2.05) is 0 Å². The highest BCUT2D eigenvalue weighted by Gasteiger charge is 2.25. The van der Waals surface area contributed by atoms with Crippen LogP contribution in [0.15, 0.2) is 23.0 Å². The van der Waals surface area contributed by atoms with E-state index < -0.39 is 0 Å². The fourth-order valence-electron chi connectivity index (χ4n) is 10.7.